The summed E-state index contributed by atoms with van der Waals surface area (Å²) in [5, 5.41) is 0. The van der Waals surface area contributed by atoms with E-state index >= 15 is 0 Å². The standard InChI is InChI=1S/C5H9NO2/c1-2-6-4-8-3-5(6)7/h2-4H2,1H3. The summed E-state index contributed by atoms with van der Waals surface area (Å²) < 4.78 is 4.84. The molecule has 1 heterocycles. The van der Waals surface area contributed by atoms with Gasteiger partial charge in [-0.15, -0.1) is 0 Å². The molecule has 0 radical (unpaired) electrons. The van der Waals surface area contributed by atoms with Crippen molar-refractivity contribution in [1.29, 1.82) is 0 Å². The number of carbonyl (C=O) groups excluding carboxylic acids is 1. The molecule has 0 aliphatic carbocycles. The number of likely N-dealkylation sites (N-methyl/N-ethyl adjacent to an activating group) is 1. The van der Waals surface area contributed by atoms with E-state index in [1.54, 1.807) is 4.90 Å². The molecule has 1 amide bonds. The monoisotopic (exact) mass is 115 g/mol. The van der Waals surface area contributed by atoms with Crippen LogP contribution in [0, 0.1) is 0 Å². The van der Waals surface area contributed by atoms with Gasteiger partial charge in [0.05, 0.1) is 0 Å². The van der Waals surface area contributed by atoms with Crippen LogP contribution >= 0.6 is 0 Å². The summed E-state index contributed by atoms with van der Waals surface area (Å²) in [7, 11) is 0. The van der Waals surface area contributed by atoms with Crippen molar-refractivity contribution in [3.8, 4) is 0 Å². The average Bonchev–Trinajstić information content (AvgIpc) is 2.14. The lowest BCUT2D eigenvalue weighted by Gasteiger charge is -2.07. The van der Waals surface area contributed by atoms with E-state index in [1.165, 1.54) is 0 Å². The highest BCUT2D eigenvalue weighted by Crippen LogP contribution is 1.98. The predicted molar refractivity (Wildman–Crippen MR) is 28.2 cm³/mol. The van der Waals surface area contributed by atoms with Crippen molar-refractivity contribution in [3.63, 3.8) is 0 Å². The molecule has 0 spiro atoms. The summed E-state index contributed by atoms with van der Waals surface area (Å²) in [4.78, 5) is 12.3. The Kier molecular flexibility index (Phi) is 1.48. The Bertz CT molecular complexity index is 103. The first-order chi connectivity index (χ1) is 3.84. The third kappa shape index (κ3) is 0.816. The van der Waals surface area contributed by atoms with Gasteiger partial charge in [0.2, 0.25) is 5.91 Å². The molecule has 0 N–H and O–H groups in total. The van der Waals surface area contributed by atoms with E-state index in [1.807, 2.05) is 6.92 Å². The Morgan fingerprint density at radius 1 is 1.88 bits per heavy atom. The molecule has 0 aromatic heterocycles. The van der Waals surface area contributed by atoms with E-state index in [0.717, 1.165) is 6.54 Å². The Labute approximate surface area is 48.2 Å². The molecular weight excluding hydrogens is 106 g/mol. The zero-order valence-electron chi connectivity index (χ0n) is 4.89. The molecule has 0 bridgehead atoms. The zero-order chi connectivity index (χ0) is 5.98. The van der Waals surface area contributed by atoms with Crippen LogP contribution in [0.4, 0.5) is 0 Å². The SMILES string of the molecule is CCN1COCC1=O. The van der Waals surface area contributed by atoms with E-state index in [2.05, 4.69) is 0 Å². The fourth-order valence-electron chi connectivity index (χ4n) is 0.674. The summed E-state index contributed by atoms with van der Waals surface area (Å²) in [6.07, 6.45) is 0. The van der Waals surface area contributed by atoms with Crippen molar-refractivity contribution in [3.05, 3.63) is 0 Å². The minimum absolute atomic E-state index is 0.104. The smallest absolute Gasteiger partial charge is 0.250 e. The minimum Gasteiger partial charge on any atom is -0.351 e. The predicted octanol–water partition coefficient (Wildman–Crippen LogP) is -0.177. The molecule has 1 saturated heterocycles. The van der Waals surface area contributed by atoms with Gasteiger partial charge in [-0.1, -0.05) is 0 Å². The van der Waals surface area contributed by atoms with Gasteiger partial charge in [0.25, 0.3) is 0 Å². The molecule has 0 aromatic carbocycles. The number of amides is 1. The maximum absolute atomic E-state index is 10.6. The first-order valence-corrected chi connectivity index (χ1v) is 2.70. The molecule has 3 nitrogen and oxygen atoms in total. The van der Waals surface area contributed by atoms with Gasteiger partial charge in [0.15, 0.2) is 0 Å². The maximum atomic E-state index is 10.6. The van der Waals surface area contributed by atoms with Crippen LogP contribution < -0.4 is 0 Å². The fraction of sp³-hybridized carbons (Fsp3) is 0.800. The number of nitrogens with zero attached hydrogens (tertiary/aromatic N) is 1. The molecule has 0 aromatic rings. The van der Waals surface area contributed by atoms with Crippen molar-refractivity contribution in [2.75, 3.05) is 19.9 Å². The molecule has 3 heteroatoms. The van der Waals surface area contributed by atoms with Gasteiger partial charge in [-0.3, -0.25) is 4.79 Å². The molecule has 0 unspecified atom stereocenters. The van der Waals surface area contributed by atoms with Crippen LogP contribution in [0.2, 0.25) is 0 Å². The van der Waals surface area contributed by atoms with Crippen molar-refractivity contribution < 1.29 is 9.53 Å². The van der Waals surface area contributed by atoms with E-state index in [-0.39, 0.29) is 12.5 Å². The second-order valence-corrected chi connectivity index (χ2v) is 1.73. The Morgan fingerprint density at radius 2 is 2.62 bits per heavy atom. The lowest BCUT2D eigenvalue weighted by Crippen LogP contribution is -2.24. The van der Waals surface area contributed by atoms with Crippen molar-refractivity contribution in [1.82, 2.24) is 4.90 Å². The van der Waals surface area contributed by atoms with Gasteiger partial charge in [0.1, 0.15) is 13.3 Å². The van der Waals surface area contributed by atoms with Crippen molar-refractivity contribution >= 4 is 5.91 Å². The summed E-state index contributed by atoms with van der Waals surface area (Å²) in [6.45, 7) is 3.45. The highest BCUT2D eigenvalue weighted by Gasteiger charge is 2.17. The molecule has 8 heavy (non-hydrogen) atoms. The van der Waals surface area contributed by atoms with Crippen LogP contribution in [0.1, 0.15) is 6.92 Å². The van der Waals surface area contributed by atoms with Gasteiger partial charge in [0, 0.05) is 6.54 Å². The van der Waals surface area contributed by atoms with Crippen LogP contribution in [0.5, 0.6) is 0 Å². The highest BCUT2D eigenvalue weighted by molar-refractivity contribution is 5.78. The number of hydrogen-bond acceptors (Lipinski definition) is 2. The minimum atomic E-state index is 0.104. The topological polar surface area (TPSA) is 29.5 Å². The molecule has 1 aliphatic rings. The van der Waals surface area contributed by atoms with E-state index in [4.69, 9.17) is 4.74 Å². The molecule has 46 valence electrons. The average molecular weight is 115 g/mol. The Morgan fingerprint density at radius 3 is 2.88 bits per heavy atom. The largest absolute Gasteiger partial charge is 0.351 e. The summed E-state index contributed by atoms with van der Waals surface area (Å²) in [5.74, 6) is 0.104. The summed E-state index contributed by atoms with van der Waals surface area (Å²) >= 11 is 0. The Hall–Kier alpha value is -0.570. The highest BCUT2D eigenvalue weighted by atomic mass is 16.5. The van der Waals surface area contributed by atoms with Gasteiger partial charge in [-0.25, -0.2) is 0 Å². The van der Waals surface area contributed by atoms with E-state index < -0.39 is 0 Å². The van der Waals surface area contributed by atoms with Crippen molar-refractivity contribution in [2.45, 2.75) is 6.92 Å². The van der Waals surface area contributed by atoms with E-state index in [0.29, 0.717) is 6.73 Å². The van der Waals surface area contributed by atoms with Crippen molar-refractivity contribution in [2.24, 2.45) is 0 Å². The molecule has 0 saturated carbocycles. The fourth-order valence-corrected chi connectivity index (χ4v) is 0.674. The summed E-state index contributed by atoms with van der Waals surface area (Å²) in [5.41, 5.74) is 0. The maximum Gasteiger partial charge on any atom is 0.250 e. The number of rotatable bonds is 1. The zero-order valence-corrected chi connectivity index (χ0v) is 4.89. The first kappa shape index (κ1) is 5.56. The number of carbonyl (C=O) groups is 1. The molecular formula is C5H9NO2. The third-order valence-electron chi connectivity index (χ3n) is 1.21. The van der Waals surface area contributed by atoms with Crippen LogP contribution in [-0.2, 0) is 9.53 Å². The Balaban J connectivity index is 2.42. The number of ether oxygens (including phenoxy) is 1. The van der Waals surface area contributed by atoms with Gasteiger partial charge < -0.3 is 9.64 Å². The van der Waals surface area contributed by atoms with Gasteiger partial charge in [-0.05, 0) is 6.92 Å². The molecule has 1 rings (SSSR count). The normalized spacial score (nSPS) is 20.1. The lowest BCUT2D eigenvalue weighted by molar-refractivity contribution is -0.126. The van der Waals surface area contributed by atoms with Crippen LogP contribution in [0.3, 0.4) is 0 Å². The third-order valence-corrected chi connectivity index (χ3v) is 1.21. The second-order valence-electron chi connectivity index (χ2n) is 1.73. The van der Waals surface area contributed by atoms with Gasteiger partial charge >= 0.3 is 0 Å². The van der Waals surface area contributed by atoms with Crippen LogP contribution in [-0.4, -0.2) is 30.7 Å². The first-order valence-electron chi connectivity index (χ1n) is 2.70. The molecule has 1 aliphatic heterocycles. The second kappa shape index (κ2) is 2.13. The quantitative estimate of drug-likeness (QED) is 0.474. The van der Waals surface area contributed by atoms with Crippen LogP contribution in [0.15, 0.2) is 0 Å². The number of hydrogen-bond donors (Lipinski definition) is 0. The van der Waals surface area contributed by atoms with Gasteiger partial charge in [-0.2, -0.15) is 0 Å². The van der Waals surface area contributed by atoms with Crippen LogP contribution in [0.25, 0.3) is 0 Å². The lowest BCUT2D eigenvalue weighted by atomic mass is 10.6. The van der Waals surface area contributed by atoms with E-state index in [9.17, 15) is 4.79 Å². The molecule has 0 atom stereocenters. The molecule has 1 fully saturated rings. The summed E-state index contributed by atoms with van der Waals surface area (Å²) in [6, 6.07) is 0.